The first kappa shape index (κ1) is 20.0. The van der Waals surface area contributed by atoms with Crippen molar-refractivity contribution in [2.24, 2.45) is 0 Å². The lowest BCUT2D eigenvalue weighted by atomic mass is 10.0. The number of rotatable bonds is 7. The van der Waals surface area contributed by atoms with Crippen molar-refractivity contribution in [3.05, 3.63) is 52.8 Å². The highest BCUT2D eigenvalue weighted by Crippen LogP contribution is 2.13. The number of likely N-dealkylation sites (tertiary alicyclic amines) is 1. The van der Waals surface area contributed by atoms with Crippen LogP contribution in [-0.2, 0) is 6.54 Å². The summed E-state index contributed by atoms with van der Waals surface area (Å²) in [7, 11) is 0. The Kier molecular flexibility index (Phi) is 6.96. The fraction of sp³-hybridized carbons (Fsp3) is 0.524. The highest BCUT2D eigenvalue weighted by molar-refractivity contribution is 7.98. The number of aromatic nitrogens is 2. The molecule has 1 aromatic carbocycles. The number of hydrogen-bond donors (Lipinski definition) is 1. The molecular weight excluding hydrogens is 356 g/mol. The molecule has 2 aromatic rings. The van der Waals surface area contributed by atoms with Crippen LogP contribution in [-0.4, -0.2) is 58.3 Å². The molecule has 2 heterocycles. The van der Waals surface area contributed by atoms with Gasteiger partial charge in [-0.3, -0.25) is 9.48 Å². The Balaban J connectivity index is 1.50. The number of aryl methyl sites for hydroxylation is 2. The third kappa shape index (κ3) is 5.59. The molecular formula is C21H30N4OS. The Morgan fingerprint density at radius 1 is 1.22 bits per heavy atom. The molecule has 146 valence electrons. The van der Waals surface area contributed by atoms with Gasteiger partial charge in [-0.1, -0.05) is 12.1 Å². The van der Waals surface area contributed by atoms with Crippen molar-refractivity contribution < 1.29 is 4.79 Å². The molecule has 1 aliphatic heterocycles. The highest BCUT2D eigenvalue weighted by atomic mass is 32.2. The molecule has 0 atom stereocenters. The molecule has 1 aromatic heterocycles. The lowest BCUT2D eigenvalue weighted by Gasteiger charge is -2.32. The lowest BCUT2D eigenvalue weighted by Crippen LogP contribution is -2.45. The van der Waals surface area contributed by atoms with Gasteiger partial charge in [0.2, 0.25) is 0 Å². The quantitative estimate of drug-likeness (QED) is 0.794. The maximum Gasteiger partial charge on any atom is 0.251 e. The van der Waals surface area contributed by atoms with Crippen LogP contribution >= 0.6 is 11.8 Å². The average Bonchev–Trinajstić information content (AvgIpc) is 2.98. The van der Waals surface area contributed by atoms with Gasteiger partial charge in [-0.25, -0.2) is 0 Å². The molecule has 0 saturated carbocycles. The van der Waals surface area contributed by atoms with Crippen molar-refractivity contribution in [2.75, 3.05) is 31.6 Å². The van der Waals surface area contributed by atoms with E-state index in [-0.39, 0.29) is 11.9 Å². The third-order valence-corrected chi connectivity index (χ3v) is 5.78. The van der Waals surface area contributed by atoms with Gasteiger partial charge in [0.1, 0.15) is 0 Å². The van der Waals surface area contributed by atoms with Crippen LogP contribution in [0.4, 0.5) is 0 Å². The van der Waals surface area contributed by atoms with Gasteiger partial charge in [0.15, 0.2) is 0 Å². The first-order valence-electron chi connectivity index (χ1n) is 9.67. The number of piperidine rings is 1. The van der Waals surface area contributed by atoms with E-state index in [1.54, 1.807) is 0 Å². The lowest BCUT2D eigenvalue weighted by molar-refractivity contribution is 0.0913. The Bertz CT molecular complexity index is 748. The predicted molar refractivity (Wildman–Crippen MR) is 113 cm³/mol. The van der Waals surface area contributed by atoms with Crippen LogP contribution in [0.25, 0.3) is 0 Å². The third-order valence-electron chi connectivity index (χ3n) is 5.19. The van der Waals surface area contributed by atoms with Crippen molar-refractivity contribution >= 4 is 17.7 Å². The summed E-state index contributed by atoms with van der Waals surface area (Å²) in [6, 6.07) is 10.3. The number of amides is 1. The topological polar surface area (TPSA) is 50.2 Å². The smallest absolute Gasteiger partial charge is 0.251 e. The van der Waals surface area contributed by atoms with Gasteiger partial charge in [-0.15, -0.1) is 0 Å². The molecule has 0 spiro atoms. The molecule has 6 heteroatoms. The molecule has 0 unspecified atom stereocenters. The SMILES string of the molecule is CSCCN1CCC(NC(=O)c2ccc(Cn3nc(C)cc3C)cc2)CC1. The molecule has 1 saturated heterocycles. The number of benzene rings is 1. The summed E-state index contributed by atoms with van der Waals surface area (Å²) in [6.07, 6.45) is 4.22. The van der Waals surface area contributed by atoms with E-state index in [0.29, 0.717) is 0 Å². The van der Waals surface area contributed by atoms with Crippen molar-refractivity contribution in [1.82, 2.24) is 20.0 Å². The minimum Gasteiger partial charge on any atom is -0.349 e. The molecule has 1 fully saturated rings. The van der Waals surface area contributed by atoms with Crippen LogP contribution in [0, 0.1) is 13.8 Å². The van der Waals surface area contributed by atoms with E-state index in [2.05, 4.69) is 34.6 Å². The highest BCUT2D eigenvalue weighted by Gasteiger charge is 2.20. The molecule has 1 amide bonds. The minimum atomic E-state index is 0.0372. The summed E-state index contributed by atoms with van der Waals surface area (Å²) in [5.41, 5.74) is 4.07. The molecule has 0 aliphatic carbocycles. The van der Waals surface area contributed by atoms with Gasteiger partial charge < -0.3 is 10.2 Å². The maximum absolute atomic E-state index is 12.5. The monoisotopic (exact) mass is 386 g/mol. The van der Waals surface area contributed by atoms with Crippen LogP contribution in [0.3, 0.4) is 0 Å². The van der Waals surface area contributed by atoms with Crippen molar-refractivity contribution in [1.29, 1.82) is 0 Å². The number of thioether (sulfide) groups is 1. The summed E-state index contributed by atoms with van der Waals surface area (Å²) in [6.45, 7) is 8.10. The van der Waals surface area contributed by atoms with Crippen LogP contribution in [0.2, 0.25) is 0 Å². The van der Waals surface area contributed by atoms with Crippen LogP contribution in [0.5, 0.6) is 0 Å². The fourth-order valence-electron chi connectivity index (χ4n) is 3.56. The molecule has 27 heavy (non-hydrogen) atoms. The zero-order valence-electron chi connectivity index (χ0n) is 16.6. The summed E-state index contributed by atoms with van der Waals surface area (Å²) >= 11 is 1.89. The number of hydrogen-bond acceptors (Lipinski definition) is 4. The van der Waals surface area contributed by atoms with E-state index in [0.717, 1.165) is 61.5 Å². The Morgan fingerprint density at radius 2 is 1.93 bits per heavy atom. The second-order valence-corrected chi connectivity index (χ2v) is 8.35. The van der Waals surface area contributed by atoms with E-state index in [1.807, 2.05) is 47.6 Å². The first-order chi connectivity index (χ1) is 13.0. The molecule has 0 radical (unpaired) electrons. The van der Waals surface area contributed by atoms with E-state index in [4.69, 9.17) is 0 Å². The normalized spacial score (nSPS) is 15.8. The number of nitrogens with one attached hydrogen (secondary N) is 1. The number of carbonyl (C=O) groups is 1. The molecule has 5 nitrogen and oxygen atoms in total. The molecule has 1 aliphatic rings. The van der Waals surface area contributed by atoms with Crippen molar-refractivity contribution in [3.63, 3.8) is 0 Å². The van der Waals surface area contributed by atoms with Gasteiger partial charge in [-0.2, -0.15) is 16.9 Å². The average molecular weight is 387 g/mol. The Labute approximate surface area is 166 Å². The fourth-order valence-corrected chi connectivity index (χ4v) is 4.00. The largest absolute Gasteiger partial charge is 0.349 e. The van der Waals surface area contributed by atoms with Crippen LogP contribution in [0.1, 0.15) is 40.2 Å². The maximum atomic E-state index is 12.5. The van der Waals surface area contributed by atoms with Crippen LogP contribution < -0.4 is 5.32 Å². The molecule has 3 rings (SSSR count). The van der Waals surface area contributed by atoms with E-state index in [9.17, 15) is 4.79 Å². The van der Waals surface area contributed by atoms with Crippen molar-refractivity contribution in [3.8, 4) is 0 Å². The molecule has 0 bridgehead atoms. The molecule has 1 N–H and O–H groups in total. The van der Waals surface area contributed by atoms with Gasteiger partial charge in [0.05, 0.1) is 12.2 Å². The Morgan fingerprint density at radius 3 is 2.52 bits per heavy atom. The summed E-state index contributed by atoms with van der Waals surface area (Å²) in [5.74, 6) is 1.22. The van der Waals surface area contributed by atoms with Crippen molar-refractivity contribution in [2.45, 2.75) is 39.3 Å². The summed E-state index contributed by atoms with van der Waals surface area (Å²) in [4.78, 5) is 15.0. The number of carbonyl (C=O) groups excluding carboxylic acids is 1. The van der Waals surface area contributed by atoms with E-state index >= 15 is 0 Å². The minimum absolute atomic E-state index is 0.0372. The van der Waals surface area contributed by atoms with Gasteiger partial charge >= 0.3 is 0 Å². The van der Waals surface area contributed by atoms with Gasteiger partial charge in [-0.05, 0) is 56.7 Å². The second kappa shape index (κ2) is 9.42. The zero-order chi connectivity index (χ0) is 19.2. The predicted octanol–water partition coefficient (Wildman–Crippen LogP) is 3.11. The first-order valence-corrected chi connectivity index (χ1v) is 11.1. The summed E-state index contributed by atoms with van der Waals surface area (Å²) < 4.78 is 2.00. The standard InChI is InChI=1S/C21H30N4OS/c1-16-14-17(2)25(23-16)15-18-4-6-19(7-5-18)21(26)22-20-8-10-24(11-9-20)12-13-27-3/h4-7,14,20H,8-13,15H2,1-3H3,(H,22,26). The van der Waals surface area contributed by atoms with E-state index < -0.39 is 0 Å². The second-order valence-electron chi connectivity index (χ2n) is 7.36. The summed E-state index contributed by atoms with van der Waals surface area (Å²) in [5, 5.41) is 7.70. The Hall–Kier alpha value is -1.79. The van der Waals surface area contributed by atoms with Gasteiger partial charge in [0, 0.05) is 42.7 Å². The van der Waals surface area contributed by atoms with Crippen LogP contribution in [0.15, 0.2) is 30.3 Å². The van der Waals surface area contributed by atoms with E-state index in [1.165, 1.54) is 5.75 Å². The zero-order valence-corrected chi connectivity index (χ0v) is 17.4. The van der Waals surface area contributed by atoms with Gasteiger partial charge in [0.25, 0.3) is 5.91 Å². The number of nitrogens with zero attached hydrogens (tertiary/aromatic N) is 3.